The van der Waals surface area contributed by atoms with Gasteiger partial charge in [-0.1, -0.05) is 24.6 Å². The van der Waals surface area contributed by atoms with Crippen molar-refractivity contribution in [3.63, 3.8) is 0 Å². The number of aryl methyl sites for hydroxylation is 1. The minimum absolute atomic E-state index is 0.111. The van der Waals surface area contributed by atoms with E-state index in [1.807, 2.05) is 14.0 Å². The van der Waals surface area contributed by atoms with Crippen molar-refractivity contribution < 1.29 is 22.7 Å². The van der Waals surface area contributed by atoms with Crippen molar-refractivity contribution in [1.29, 1.82) is 0 Å². The van der Waals surface area contributed by atoms with E-state index in [-0.39, 0.29) is 28.9 Å². The number of carbonyl (C=O) groups is 1. The van der Waals surface area contributed by atoms with Crippen LogP contribution in [0.5, 0.6) is 5.75 Å². The number of benzene rings is 2. The summed E-state index contributed by atoms with van der Waals surface area (Å²) in [6.45, 7) is 7.66. The number of carbonyl (C=O) groups excluding carboxylic acids is 1. The molecule has 8 nitrogen and oxygen atoms in total. The van der Waals surface area contributed by atoms with Crippen molar-refractivity contribution in [2.75, 3.05) is 45.6 Å². The molecular formula is C25H35N3O5S. The van der Waals surface area contributed by atoms with Crippen LogP contribution in [0.2, 0.25) is 0 Å². The summed E-state index contributed by atoms with van der Waals surface area (Å²) in [5.74, 6) is 0.347. The molecule has 2 aromatic rings. The second-order valence-electron chi connectivity index (χ2n) is 9.17. The molecule has 3 atom stereocenters. The van der Waals surface area contributed by atoms with Crippen molar-refractivity contribution in [2.24, 2.45) is 5.92 Å². The molecular weight excluding hydrogens is 454 g/mol. The van der Waals surface area contributed by atoms with Gasteiger partial charge in [0.1, 0.15) is 12.4 Å². The Hall–Kier alpha value is -2.62. The van der Waals surface area contributed by atoms with Crippen molar-refractivity contribution >= 4 is 21.6 Å². The number of hydrogen-bond acceptors (Lipinski definition) is 6. The van der Waals surface area contributed by atoms with Crippen molar-refractivity contribution in [1.82, 2.24) is 9.80 Å². The Kier molecular flexibility index (Phi) is 8.22. The molecule has 3 rings (SSSR count). The fourth-order valence-corrected chi connectivity index (χ4v) is 5.00. The molecule has 0 saturated carbocycles. The van der Waals surface area contributed by atoms with Crippen LogP contribution in [0, 0.1) is 12.8 Å². The Morgan fingerprint density at radius 3 is 2.38 bits per heavy atom. The van der Waals surface area contributed by atoms with Gasteiger partial charge in [-0.25, -0.2) is 8.42 Å². The molecule has 1 aliphatic rings. The normalized spacial score (nSPS) is 22.8. The predicted octanol–water partition coefficient (Wildman–Crippen LogP) is 3.23. The van der Waals surface area contributed by atoms with Crippen LogP contribution >= 0.6 is 0 Å². The summed E-state index contributed by atoms with van der Waals surface area (Å²) in [5, 5.41) is 0. The molecule has 0 radical (unpaired) electrons. The minimum Gasteiger partial charge on any atom is -0.491 e. The number of nitrogens with one attached hydrogen (secondary N) is 1. The zero-order valence-electron chi connectivity index (χ0n) is 20.7. The van der Waals surface area contributed by atoms with E-state index in [0.29, 0.717) is 30.2 Å². The van der Waals surface area contributed by atoms with Gasteiger partial charge in [0, 0.05) is 39.0 Å². The number of fused-ring (bicyclic) bond motifs is 1. The number of rotatable bonds is 4. The van der Waals surface area contributed by atoms with Crippen LogP contribution in [-0.4, -0.2) is 77.2 Å². The number of anilines is 1. The lowest BCUT2D eigenvalue weighted by atomic mass is 10.0. The second kappa shape index (κ2) is 10.8. The largest absolute Gasteiger partial charge is 0.491 e. The maximum absolute atomic E-state index is 13.4. The zero-order valence-corrected chi connectivity index (χ0v) is 21.6. The summed E-state index contributed by atoms with van der Waals surface area (Å²) in [6.07, 6.45) is -0.143. The van der Waals surface area contributed by atoms with Gasteiger partial charge in [0.25, 0.3) is 15.9 Å². The molecule has 1 amide bonds. The molecule has 2 aromatic carbocycles. The van der Waals surface area contributed by atoms with Gasteiger partial charge in [0.2, 0.25) is 0 Å². The molecule has 1 N–H and O–H groups in total. The summed E-state index contributed by atoms with van der Waals surface area (Å²) < 4.78 is 40.1. The Morgan fingerprint density at radius 1 is 1.06 bits per heavy atom. The first-order valence-corrected chi connectivity index (χ1v) is 12.8. The van der Waals surface area contributed by atoms with Crippen LogP contribution in [0.25, 0.3) is 0 Å². The fraction of sp³-hybridized carbons (Fsp3) is 0.480. The highest BCUT2D eigenvalue weighted by Gasteiger charge is 2.27. The SMILES string of the molecule is CO[C@@H]1CN(C)C(=O)c2cc(NS(=O)(=O)c3ccc(C)cc3)ccc2OC[C@@H](C)N(C)C[C@@H]1C. The van der Waals surface area contributed by atoms with Crippen LogP contribution in [0.1, 0.15) is 29.8 Å². The van der Waals surface area contributed by atoms with E-state index in [1.165, 1.54) is 6.07 Å². The molecule has 0 fully saturated rings. The van der Waals surface area contributed by atoms with Gasteiger partial charge in [0.05, 0.1) is 16.6 Å². The van der Waals surface area contributed by atoms with Crippen LogP contribution in [0.3, 0.4) is 0 Å². The van der Waals surface area contributed by atoms with Crippen LogP contribution in [0.4, 0.5) is 5.69 Å². The zero-order chi connectivity index (χ0) is 25.0. The van der Waals surface area contributed by atoms with Crippen LogP contribution in [0.15, 0.2) is 47.4 Å². The van der Waals surface area contributed by atoms with Crippen LogP contribution in [-0.2, 0) is 14.8 Å². The van der Waals surface area contributed by atoms with Gasteiger partial charge in [-0.3, -0.25) is 14.4 Å². The van der Waals surface area contributed by atoms with Gasteiger partial charge in [-0.05, 0) is 57.1 Å². The summed E-state index contributed by atoms with van der Waals surface area (Å²) in [4.78, 5) is 17.4. The number of nitrogens with zero attached hydrogens (tertiary/aromatic N) is 2. The summed E-state index contributed by atoms with van der Waals surface area (Å²) in [6, 6.07) is 11.5. The van der Waals surface area contributed by atoms with Crippen molar-refractivity contribution in [2.45, 2.75) is 37.8 Å². The van der Waals surface area contributed by atoms with E-state index in [0.717, 1.165) is 12.1 Å². The maximum atomic E-state index is 13.4. The number of likely N-dealkylation sites (N-methyl/N-ethyl adjacent to an activating group) is 2. The van der Waals surface area contributed by atoms with Gasteiger partial charge >= 0.3 is 0 Å². The lowest BCUT2D eigenvalue weighted by Crippen LogP contribution is -2.45. The topological polar surface area (TPSA) is 88.2 Å². The average Bonchev–Trinajstić information content (AvgIpc) is 2.80. The first kappa shape index (κ1) is 26.0. The molecule has 0 aliphatic carbocycles. The third kappa shape index (κ3) is 6.08. The second-order valence-corrected chi connectivity index (χ2v) is 10.8. The van der Waals surface area contributed by atoms with Gasteiger partial charge in [-0.15, -0.1) is 0 Å². The summed E-state index contributed by atoms with van der Waals surface area (Å²) in [7, 11) is 1.61. The molecule has 1 heterocycles. The molecule has 9 heteroatoms. The van der Waals surface area contributed by atoms with Crippen molar-refractivity contribution in [3.05, 3.63) is 53.6 Å². The third-order valence-electron chi connectivity index (χ3n) is 6.34. The predicted molar refractivity (Wildman–Crippen MR) is 133 cm³/mol. The number of amides is 1. The summed E-state index contributed by atoms with van der Waals surface area (Å²) in [5.41, 5.74) is 1.55. The van der Waals surface area contributed by atoms with Gasteiger partial charge in [0.15, 0.2) is 0 Å². The van der Waals surface area contributed by atoms with E-state index in [1.54, 1.807) is 55.5 Å². The monoisotopic (exact) mass is 489 g/mol. The highest BCUT2D eigenvalue weighted by molar-refractivity contribution is 7.92. The molecule has 0 unspecified atom stereocenters. The van der Waals surface area contributed by atoms with Gasteiger partial charge < -0.3 is 14.4 Å². The fourth-order valence-electron chi connectivity index (χ4n) is 3.95. The molecule has 0 bridgehead atoms. The molecule has 186 valence electrons. The van der Waals surface area contributed by atoms with Crippen molar-refractivity contribution in [3.8, 4) is 5.75 Å². The highest BCUT2D eigenvalue weighted by atomic mass is 32.2. The first-order valence-electron chi connectivity index (χ1n) is 11.4. The molecule has 0 saturated heterocycles. The minimum atomic E-state index is -3.81. The number of methoxy groups -OCH3 is 1. The molecule has 0 aromatic heterocycles. The van der Waals surface area contributed by atoms with E-state index < -0.39 is 10.0 Å². The standard InChI is InChI=1S/C25H35N3O5S/c1-17-7-10-21(11-8-17)34(30,31)26-20-9-12-23-22(13-20)25(29)28(5)15-24(32-6)18(2)14-27(4)19(3)16-33-23/h7-13,18-19,24,26H,14-16H2,1-6H3/t18-,19+,24+/m0/s1. The molecule has 1 aliphatic heterocycles. The Labute approximate surface area is 202 Å². The van der Waals surface area contributed by atoms with E-state index in [9.17, 15) is 13.2 Å². The summed E-state index contributed by atoms with van der Waals surface area (Å²) >= 11 is 0. The lowest BCUT2D eigenvalue weighted by molar-refractivity contribution is 0.0150. The Bertz CT molecular complexity index is 1100. The number of sulfonamides is 1. The van der Waals surface area contributed by atoms with Crippen LogP contribution < -0.4 is 9.46 Å². The Morgan fingerprint density at radius 2 is 1.74 bits per heavy atom. The third-order valence-corrected chi connectivity index (χ3v) is 7.74. The highest BCUT2D eigenvalue weighted by Crippen LogP contribution is 2.27. The van der Waals surface area contributed by atoms with E-state index in [4.69, 9.17) is 9.47 Å². The van der Waals surface area contributed by atoms with E-state index in [2.05, 4.69) is 23.5 Å². The molecule has 0 spiro atoms. The number of ether oxygens (including phenoxy) is 2. The average molecular weight is 490 g/mol. The quantitative estimate of drug-likeness (QED) is 0.710. The maximum Gasteiger partial charge on any atom is 0.261 e. The molecule has 34 heavy (non-hydrogen) atoms. The smallest absolute Gasteiger partial charge is 0.261 e. The van der Waals surface area contributed by atoms with E-state index >= 15 is 0 Å². The Balaban J connectivity index is 1.95. The first-order chi connectivity index (χ1) is 16.0. The van der Waals surface area contributed by atoms with Gasteiger partial charge in [-0.2, -0.15) is 0 Å². The lowest BCUT2D eigenvalue weighted by Gasteiger charge is -2.34. The number of hydrogen-bond donors (Lipinski definition) is 1.